The van der Waals surface area contributed by atoms with Crippen LogP contribution in [0.2, 0.25) is 10.0 Å². The van der Waals surface area contributed by atoms with Gasteiger partial charge in [-0.3, -0.25) is 9.88 Å². The summed E-state index contributed by atoms with van der Waals surface area (Å²) in [4.78, 5) is 7.06. The smallest absolute Gasteiger partial charge is 0.109 e. The summed E-state index contributed by atoms with van der Waals surface area (Å²) < 4.78 is 2.02. The summed E-state index contributed by atoms with van der Waals surface area (Å²) in [6.45, 7) is 9.50. The van der Waals surface area contributed by atoms with Gasteiger partial charge in [0, 0.05) is 47.5 Å². The Morgan fingerprint density at radius 1 is 1.02 bits per heavy atom. The van der Waals surface area contributed by atoms with Gasteiger partial charge in [-0.2, -0.15) is 5.26 Å². The van der Waals surface area contributed by atoms with Gasteiger partial charge in [0.1, 0.15) is 11.8 Å². The van der Waals surface area contributed by atoms with E-state index in [2.05, 4.69) is 76.0 Å². The minimum atomic E-state index is -0.323. The van der Waals surface area contributed by atoms with E-state index in [0.717, 1.165) is 54.7 Å². The van der Waals surface area contributed by atoms with Gasteiger partial charge in [0.05, 0.1) is 40.1 Å². The number of hydrogen-bond donors (Lipinski definition) is 2. The quantitative estimate of drug-likeness (QED) is 0.165. The fourth-order valence-electron chi connectivity index (χ4n) is 6.15. The monoisotopic (exact) mass is 652 g/mol. The van der Waals surface area contributed by atoms with Crippen molar-refractivity contribution in [3.05, 3.63) is 112 Å². The van der Waals surface area contributed by atoms with Crippen LogP contribution in [0.25, 0.3) is 10.9 Å². The molecule has 236 valence electrons. The average molecular weight is 654 g/mol. The SMILES string of the molecule is CC(C)(C)N1CCC(n2cc([C@@H](Nc3cc(Cl)c4ncc(C#N)c(NCCc5ccccc5)c4c3)c3ccc(Cl)cc3)nn2)CC1. The van der Waals surface area contributed by atoms with Crippen molar-refractivity contribution < 1.29 is 0 Å². The molecule has 3 heterocycles. The van der Waals surface area contributed by atoms with Crippen molar-refractivity contribution in [2.45, 2.75) is 57.7 Å². The van der Waals surface area contributed by atoms with Crippen molar-refractivity contribution in [2.24, 2.45) is 0 Å². The molecule has 0 spiro atoms. The van der Waals surface area contributed by atoms with E-state index in [9.17, 15) is 5.26 Å². The number of halogens is 2. The molecule has 2 aromatic heterocycles. The highest BCUT2D eigenvalue weighted by Gasteiger charge is 2.29. The fraction of sp³-hybridized carbons (Fsp3) is 0.333. The number of fused-ring (bicyclic) bond motifs is 1. The molecule has 1 aliphatic heterocycles. The summed E-state index contributed by atoms with van der Waals surface area (Å²) in [6, 6.07) is 24.1. The number of anilines is 2. The van der Waals surface area contributed by atoms with Gasteiger partial charge in [0.25, 0.3) is 0 Å². The summed E-state index contributed by atoms with van der Waals surface area (Å²) in [7, 11) is 0. The van der Waals surface area contributed by atoms with E-state index < -0.39 is 0 Å². The number of nitriles is 1. The number of benzene rings is 3. The van der Waals surface area contributed by atoms with Gasteiger partial charge in [-0.25, -0.2) is 4.68 Å². The zero-order valence-corrected chi connectivity index (χ0v) is 27.9. The van der Waals surface area contributed by atoms with Crippen LogP contribution in [-0.4, -0.2) is 50.1 Å². The molecule has 3 aromatic carbocycles. The second kappa shape index (κ2) is 13.7. The van der Waals surface area contributed by atoms with Crippen LogP contribution in [0, 0.1) is 11.3 Å². The standard InChI is InChI=1S/C36H38Cl2N8/c1-36(2,3)45-17-14-29(15-18-45)46-23-32(43-44-46)34(25-9-11-27(37)12-10-25)42-28-19-30-33(40-16-13-24-7-5-4-6-8-24)26(21-39)22-41-35(30)31(38)20-28/h4-12,19-20,22-23,29,34,42H,13-18H2,1-3H3,(H,40,41)/t34-/m0/s1. The van der Waals surface area contributed by atoms with Crippen LogP contribution in [0.1, 0.15) is 68.1 Å². The third kappa shape index (κ3) is 7.13. The summed E-state index contributed by atoms with van der Waals surface area (Å²) in [5, 5.41) is 28.3. The predicted molar refractivity (Wildman–Crippen MR) is 187 cm³/mol. The Balaban J connectivity index is 1.30. The highest BCUT2D eigenvalue weighted by molar-refractivity contribution is 6.36. The van der Waals surface area contributed by atoms with Gasteiger partial charge in [-0.15, -0.1) is 5.10 Å². The highest BCUT2D eigenvalue weighted by Crippen LogP contribution is 2.36. The number of hydrogen-bond acceptors (Lipinski definition) is 7. The van der Waals surface area contributed by atoms with E-state index in [1.807, 2.05) is 59.3 Å². The Bertz CT molecular complexity index is 1830. The molecule has 0 saturated carbocycles. The van der Waals surface area contributed by atoms with E-state index >= 15 is 0 Å². The lowest BCUT2D eigenvalue weighted by molar-refractivity contribution is 0.0866. The first-order valence-corrected chi connectivity index (χ1v) is 16.4. The molecule has 0 amide bonds. The van der Waals surface area contributed by atoms with Crippen LogP contribution >= 0.6 is 23.2 Å². The topological polar surface area (TPSA) is 94.7 Å². The molecule has 0 radical (unpaired) electrons. The minimum Gasteiger partial charge on any atom is -0.383 e. The summed E-state index contributed by atoms with van der Waals surface area (Å²) >= 11 is 13.1. The van der Waals surface area contributed by atoms with Crippen LogP contribution in [0.3, 0.4) is 0 Å². The minimum absolute atomic E-state index is 0.157. The molecule has 8 nitrogen and oxygen atoms in total. The maximum absolute atomic E-state index is 9.95. The Hall–Kier alpha value is -4.16. The van der Waals surface area contributed by atoms with Crippen LogP contribution in [0.15, 0.2) is 79.1 Å². The third-order valence-electron chi connectivity index (χ3n) is 8.73. The second-order valence-corrected chi connectivity index (χ2v) is 13.7. The van der Waals surface area contributed by atoms with Crippen molar-refractivity contribution in [1.29, 1.82) is 5.26 Å². The molecule has 1 fully saturated rings. The zero-order valence-electron chi connectivity index (χ0n) is 26.3. The molecular formula is C36H38Cl2N8. The normalized spacial score (nSPS) is 15.0. The summed E-state index contributed by atoms with van der Waals surface area (Å²) in [6.07, 6.45) is 6.48. The van der Waals surface area contributed by atoms with Gasteiger partial charge in [0.15, 0.2) is 0 Å². The van der Waals surface area contributed by atoms with E-state index in [4.69, 9.17) is 23.2 Å². The highest BCUT2D eigenvalue weighted by atomic mass is 35.5. The Kier molecular flexibility index (Phi) is 9.46. The molecule has 1 aliphatic rings. The average Bonchev–Trinajstić information content (AvgIpc) is 3.55. The Morgan fingerprint density at radius 2 is 1.76 bits per heavy atom. The number of nitrogens with zero attached hydrogens (tertiary/aromatic N) is 6. The first kappa shape index (κ1) is 31.8. The number of likely N-dealkylation sites (tertiary alicyclic amines) is 1. The van der Waals surface area contributed by atoms with Crippen molar-refractivity contribution in [2.75, 3.05) is 30.3 Å². The molecule has 1 atom stereocenters. The van der Waals surface area contributed by atoms with Crippen LogP contribution in [-0.2, 0) is 6.42 Å². The van der Waals surface area contributed by atoms with Crippen LogP contribution in [0.4, 0.5) is 11.4 Å². The first-order valence-electron chi connectivity index (χ1n) is 15.7. The molecule has 46 heavy (non-hydrogen) atoms. The van der Waals surface area contributed by atoms with Gasteiger partial charge >= 0.3 is 0 Å². The van der Waals surface area contributed by atoms with E-state index in [1.54, 1.807) is 6.20 Å². The summed E-state index contributed by atoms with van der Waals surface area (Å²) in [5.41, 5.74) is 5.72. The zero-order chi connectivity index (χ0) is 32.3. The number of aromatic nitrogens is 4. The van der Waals surface area contributed by atoms with Crippen LogP contribution in [0.5, 0.6) is 0 Å². The molecule has 2 N–H and O–H groups in total. The molecule has 0 aliphatic carbocycles. The summed E-state index contributed by atoms with van der Waals surface area (Å²) in [5.74, 6) is 0. The van der Waals surface area contributed by atoms with Gasteiger partial charge in [0.2, 0.25) is 0 Å². The molecule has 0 unspecified atom stereocenters. The van der Waals surface area contributed by atoms with Crippen LogP contribution < -0.4 is 10.6 Å². The lowest BCUT2D eigenvalue weighted by atomic mass is 9.98. The molecule has 5 aromatic rings. The molecule has 1 saturated heterocycles. The maximum Gasteiger partial charge on any atom is 0.109 e. The van der Waals surface area contributed by atoms with E-state index in [0.29, 0.717) is 39.4 Å². The number of pyridine rings is 1. The molecule has 10 heteroatoms. The number of nitrogens with one attached hydrogen (secondary N) is 2. The Labute approximate surface area is 280 Å². The molecule has 6 rings (SSSR count). The van der Waals surface area contributed by atoms with Crippen molar-refractivity contribution >= 4 is 45.5 Å². The predicted octanol–water partition coefficient (Wildman–Crippen LogP) is 8.30. The van der Waals surface area contributed by atoms with E-state index in [-0.39, 0.29) is 11.6 Å². The lowest BCUT2D eigenvalue weighted by Crippen LogP contribution is -2.46. The van der Waals surface area contributed by atoms with Crippen molar-refractivity contribution in [3.8, 4) is 6.07 Å². The number of rotatable bonds is 9. The van der Waals surface area contributed by atoms with E-state index in [1.165, 1.54) is 5.56 Å². The second-order valence-electron chi connectivity index (χ2n) is 12.8. The van der Waals surface area contributed by atoms with Gasteiger partial charge < -0.3 is 10.6 Å². The van der Waals surface area contributed by atoms with Crippen molar-refractivity contribution in [3.63, 3.8) is 0 Å². The number of piperidine rings is 1. The third-order valence-corrected chi connectivity index (χ3v) is 9.27. The first-order chi connectivity index (χ1) is 22.2. The van der Waals surface area contributed by atoms with Gasteiger partial charge in [-0.1, -0.05) is 70.9 Å². The molecule has 0 bridgehead atoms. The lowest BCUT2D eigenvalue weighted by Gasteiger charge is -2.40. The fourth-order valence-corrected chi connectivity index (χ4v) is 6.54. The Morgan fingerprint density at radius 3 is 2.46 bits per heavy atom. The molecular weight excluding hydrogens is 615 g/mol. The van der Waals surface area contributed by atoms with Gasteiger partial charge in [-0.05, 0) is 75.4 Å². The van der Waals surface area contributed by atoms with Crippen molar-refractivity contribution in [1.82, 2.24) is 24.9 Å². The largest absolute Gasteiger partial charge is 0.383 e. The maximum atomic E-state index is 9.95.